The summed E-state index contributed by atoms with van der Waals surface area (Å²) in [6, 6.07) is 12.5. The number of benzene rings is 2. The van der Waals surface area contributed by atoms with Gasteiger partial charge < -0.3 is 15.7 Å². The lowest BCUT2D eigenvalue weighted by Gasteiger charge is -2.24. The summed E-state index contributed by atoms with van der Waals surface area (Å²) in [7, 11) is 0. The second kappa shape index (κ2) is 10.7. The summed E-state index contributed by atoms with van der Waals surface area (Å²) in [4.78, 5) is 37.6. The van der Waals surface area contributed by atoms with E-state index in [2.05, 4.69) is 10.6 Å². The minimum Gasteiger partial charge on any atom is -0.481 e. The Bertz CT molecular complexity index is 1060. The van der Waals surface area contributed by atoms with Gasteiger partial charge in [0.25, 0.3) is 0 Å². The Hall–Kier alpha value is -2.77. The second-order valence-electron chi connectivity index (χ2n) is 7.67. The van der Waals surface area contributed by atoms with Crippen molar-refractivity contribution in [3.05, 3.63) is 65.2 Å². The molecule has 2 aromatic rings. The molecule has 0 heterocycles. The average molecular weight is 473 g/mol. The number of carbonyl (C=O) groups is 3. The summed E-state index contributed by atoms with van der Waals surface area (Å²) in [6.07, 6.45) is 4.40. The van der Waals surface area contributed by atoms with Crippen molar-refractivity contribution < 1.29 is 19.5 Å². The van der Waals surface area contributed by atoms with Gasteiger partial charge in [-0.1, -0.05) is 35.9 Å². The van der Waals surface area contributed by atoms with Crippen molar-refractivity contribution in [2.45, 2.75) is 36.8 Å². The standard InChI is InChI=1S/C24H25ClN2O4S/c1-14-20(25)11-6-12-21(14)27-22(28)15(2)32-17-8-5-7-16(13-17)26-23(29)18-9-3-4-10-19(18)24(30)31/h3-8,11-13,15,18-19H,9-10H2,1-2H3,(H,26,29)(H,27,28)(H,30,31). The first-order valence-electron chi connectivity index (χ1n) is 10.3. The molecule has 0 radical (unpaired) electrons. The van der Waals surface area contributed by atoms with Crippen molar-refractivity contribution in [2.24, 2.45) is 11.8 Å². The summed E-state index contributed by atoms with van der Waals surface area (Å²) >= 11 is 7.48. The molecular formula is C24H25ClN2O4S. The van der Waals surface area contributed by atoms with E-state index in [1.165, 1.54) is 11.8 Å². The van der Waals surface area contributed by atoms with Gasteiger partial charge in [-0.05, 0) is 62.6 Å². The van der Waals surface area contributed by atoms with Gasteiger partial charge in [-0.15, -0.1) is 11.8 Å². The maximum atomic E-state index is 12.7. The normalized spacial score (nSPS) is 18.6. The molecule has 3 atom stereocenters. The van der Waals surface area contributed by atoms with Crippen molar-refractivity contribution in [3.8, 4) is 0 Å². The van der Waals surface area contributed by atoms with Gasteiger partial charge in [-0.25, -0.2) is 0 Å². The summed E-state index contributed by atoms with van der Waals surface area (Å²) < 4.78 is 0. The van der Waals surface area contributed by atoms with E-state index in [0.29, 0.717) is 29.2 Å². The lowest BCUT2D eigenvalue weighted by atomic mass is 9.82. The smallest absolute Gasteiger partial charge is 0.307 e. The van der Waals surface area contributed by atoms with Crippen LogP contribution in [0.25, 0.3) is 0 Å². The van der Waals surface area contributed by atoms with E-state index in [1.54, 1.807) is 49.4 Å². The van der Waals surface area contributed by atoms with Crippen LogP contribution in [0.5, 0.6) is 0 Å². The van der Waals surface area contributed by atoms with Crippen LogP contribution in [0.2, 0.25) is 5.02 Å². The predicted molar refractivity (Wildman–Crippen MR) is 128 cm³/mol. The Labute approximate surface area is 196 Å². The number of rotatable bonds is 7. The molecule has 0 fully saturated rings. The summed E-state index contributed by atoms with van der Waals surface area (Å²) in [5, 5.41) is 15.3. The Morgan fingerprint density at radius 2 is 1.75 bits per heavy atom. The number of hydrogen-bond acceptors (Lipinski definition) is 4. The lowest BCUT2D eigenvalue weighted by Crippen LogP contribution is -2.34. The van der Waals surface area contributed by atoms with Crippen LogP contribution in [0.3, 0.4) is 0 Å². The van der Waals surface area contributed by atoms with Crippen LogP contribution >= 0.6 is 23.4 Å². The zero-order valence-electron chi connectivity index (χ0n) is 17.8. The van der Waals surface area contributed by atoms with Gasteiger partial charge in [0.1, 0.15) is 0 Å². The SMILES string of the molecule is Cc1c(Cl)cccc1NC(=O)C(C)Sc1cccc(NC(=O)C2CC=CCC2C(=O)O)c1. The van der Waals surface area contributed by atoms with E-state index in [1.807, 2.05) is 19.1 Å². The molecule has 0 aliphatic heterocycles. The molecule has 6 nitrogen and oxygen atoms in total. The molecule has 2 aromatic carbocycles. The number of thioether (sulfide) groups is 1. The highest BCUT2D eigenvalue weighted by atomic mass is 35.5. The molecule has 3 unspecified atom stereocenters. The van der Waals surface area contributed by atoms with E-state index in [9.17, 15) is 19.5 Å². The van der Waals surface area contributed by atoms with Crippen molar-refractivity contribution in [3.63, 3.8) is 0 Å². The number of anilines is 2. The van der Waals surface area contributed by atoms with E-state index in [0.717, 1.165) is 10.5 Å². The van der Waals surface area contributed by atoms with Crippen LogP contribution < -0.4 is 10.6 Å². The molecule has 1 aliphatic rings. The van der Waals surface area contributed by atoms with Crippen molar-refractivity contribution in [1.29, 1.82) is 0 Å². The fourth-order valence-electron chi connectivity index (χ4n) is 3.49. The zero-order chi connectivity index (χ0) is 23.3. The molecule has 0 saturated heterocycles. The van der Waals surface area contributed by atoms with Crippen molar-refractivity contribution >= 4 is 52.5 Å². The predicted octanol–water partition coefficient (Wildman–Crippen LogP) is 5.37. The number of carboxylic acid groups (broad SMARTS) is 1. The number of amides is 2. The van der Waals surface area contributed by atoms with Gasteiger partial charge in [-0.3, -0.25) is 14.4 Å². The molecule has 3 N–H and O–H groups in total. The monoisotopic (exact) mass is 472 g/mol. The summed E-state index contributed by atoms with van der Waals surface area (Å²) in [6.45, 7) is 3.65. The molecule has 32 heavy (non-hydrogen) atoms. The molecule has 0 aromatic heterocycles. The first-order chi connectivity index (χ1) is 15.3. The highest BCUT2D eigenvalue weighted by Crippen LogP contribution is 2.30. The van der Waals surface area contributed by atoms with E-state index in [-0.39, 0.29) is 17.1 Å². The molecule has 1 aliphatic carbocycles. The van der Waals surface area contributed by atoms with Gasteiger partial charge in [0.05, 0.1) is 17.1 Å². The Balaban J connectivity index is 1.63. The van der Waals surface area contributed by atoms with Gasteiger partial charge in [-0.2, -0.15) is 0 Å². The first kappa shape index (κ1) is 23.9. The average Bonchev–Trinajstić information content (AvgIpc) is 2.77. The maximum absolute atomic E-state index is 12.7. The Morgan fingerprint density at radius 3 is 2.47 bits per heavy atom. The van der Waals surface area contributed by atoms with Crippen LogP contribution in [0.1, 0.15) is 25.3 Å². The van der Waals surface area contributed by atoms with Crippen LogP contribution in [0.4, 0.5) is 11.4 Å². The Kier molecular flexibility index (Phi) is 7.99. The van der Waals surface area contributed by atoms with Crippen molar-refractivity contribution in [1.82, 2.24) is 0 Å². The number of hydrogen-bond donors (Lipinski definition) is 3. The fraction of sp³-hybridized carbons (Fsp3) is 0.292. The molecule has 8 heteroatoms. The van der Waals surface area contributed by atoms with E-state index >= 15 is 0 Å². The number of allylic oxidation sites excluding steroid dienone is 2. The van der Waals surface area contributed by atoms with Gasteiger partial charge >= 0.3 is 5.97 Å². The number of carbonyl (C=O) groups excluding carboxylic acids is 2. The van der Waals surface area contributed by atoms with Crippen molar-refractivity contribution in [2.75, 3.05) is 10.6 Å². The van der Waals surface area contributed by atoms with Gasteiger partial charge in [0.15, 0.2) is 0 Å². The maximum Gasteiger partial charge on any atom is 0.307 e. The lowest BCUT2D eigenvalue weighted by molar-refractivity contribution is -0.146. The molecule has 0 spiro atoms. The quantitative estimate of drug-likeness (QED) is 0.371. The minimum absolute atomic E-state index is 0.159. The number of halogens is 1. The summed E-state index contributed by atoms with van der Waals surface area (Å²) in [5.74, 6) is -2.77. The highest BCUT2D eigenvalue weighted by molar-refractivity contribution is 8.00. The molecule has 0 saturated carbocycles. The summed E-state index contributed by atoms with van der Waals surface area (Å²) in [5.41, 5.74) is 2.05. The number of aliphatic carboxylic acids is 1. The van der Waals surface area contributed by atoms with Crippen LogP contribution in [0, 0.1) is 18.8 Å². The molecule has 0 bridgehead atoms. The van der Waals surface area contributed by atoms with Gasteiger partial charge in [0, 0.05) is 21.3 Å². The molecule has 168 valence electrons. The zero-order valence-corrected chi connectivity index (χ0v) is 19.4. The van der Waals surface area contributed by atoms with Crippen LogP contribution in [-0.2, 0) is 14.4 Å². The van der Waals surface area contributed by atoms with Crippen LogP contribution in [0.15, 0.2) is 59.5 Å². The minimum atomic E-state index is -0.964. The molecule has 2 amide bonds. The van der Waals surface area contributed by atoms with Gasteiger partial charge in [0.2, 0.25) is 11.8 Å². The second-order valence-corrected chi connectivity index (χ2v) is 9.49. The molecular weight excluding hydrogens is 448 g/mol. The third-order valence-electron chi connectivity index (χ3n) is 5.40. The molecule has 3 rings (SSSR count). The van der Waals surface area contributed by atoms with E-state index in [4.69, 9.17) is 11.6 Å². The van der Waals surface area contributed by atoms with E-state index < -0.39 is 17.8 Å². The van der Waals surface area contributed by atoms with Crippen LogP contribution in [-0.4, -0.2) is 28.1 Å². The largest absolute Gasteiger partial charge is 0.481 e. The number of carboxylic acids is 1. The Morgan fingerprint density at radius 1 is 1.06 bits per heavy atom. The number of nitrogens with one attached hydrogen (secondary N) is 2. The fourth-order valence-corrected chi connectivity index (χ4v) is 4.59. The third-order valence-corrected chi connectivity index (χ3v) is 6.90. The third kappa shape index (κ3) is 5.93. The first-order valence-corrected chi connectivity index (χ1v) is 11.5. The topological polar surface area (TPSA) is 95.5 Å². The highest BCUT2D eigenvalue weighted by Gasteiger charge is 2.34.